The van der Waals surface area contributed by atoms with E-state index in [9.17, 15) is 14.0 Å². The summed E-state index contributed by atoms with van der Waals surface area (Å²) in [4.78, 5) is 27.8. The zero-order chi connectivity index (χ0) is 20.7. The zero-order valence-corrected chi connectivity index (χ0v) is 17.7. The van der Waals surface area contributed by atoms with Gasteiger partial charge in [-0.3, -0.25) is 4.79 Å². The van der Waals surface area contributed by atoms with Crippen LogP contribution in [0.2, 0.25) is 0 Å². The molecule has 0 aliphatic carbocycles. The first-order chi connectivity index (χ1) is 13.9. The molecule has 2 aromatic rings. The van der Waals surface area contributed by atoms with Gasteiger partial charge in [-0.05, 0) is 59.3 Å². The maximum Gasteiger partial charge on any atom is 0.342 e. The third-order valence-corrected chi connectivity index (χ3v) is 5.64. The van der Waals surface area contributed by atoms with E-state index in [0.29, 0.717) is 18.9 Å². The second-order valence-corrected chi connectivity index (χ2v) is 8.02. The molecule has 152 valence electrons. The maximum atomic E-state index is 15.2. The number of aryl methyl sites for hydroxylation is 1. The van der Waals surface area contributed by atoms with E-state index in [1.54, 1.807) is 6.07 Å². The highest BCUT2D eigenvalue weighted by Crippen LogP contribution is 2.39. The second-order valence-electron chi connectivity index (χ2n) is 6.77. The highest BCUT2D eigenvalue weighted by atomic mass is 127. The molecule has 0 bridgehead atoms. The van der Waals surface area contributed by atoms with E-state index in [1.165, 1.54) is 9.80 Å². The van der Waals surface area contributed by atoms with Crippen molar-refractivity contribution in [2.75, 3.05) is 37.9 Å². The number of hydrogen-bond donors (Lipinski definition) is 0. The lowest BCUT2D eigenvalue weighted by atomic mass is 10.0. The molecule has 6 nitrogen and oxygen atoms in total. The van der Waals surface area contributed by atoms with E-state index >= 15 is 4.39 Å². The molecular formula is C20H17F2IN2O4. The summed E-state index contributed by atoms with van der Waals surface area (Å²) in [6.45, 7) is 2.77. The fraction of sp³-hybridized carbons (Fsp3) is 0.300. The van der Waals surface area contributed by atoms with Crippen molar-refractivity contribution in [2.45, 2.75) is 6.92 Å². The van der Waals surface area contributed by atoms with Gasteiger partial charge >= 0.3 is 5.97 Å². The molecule has 0 spiro atoms. The Morgan fingerprint density at radius 2 is 1.86 bits per heavy atom. The molecule has 2 heterocycles. The van der Waals surface area contributed by atoms with Gasteiger partial charge in [0.1, 0.15) is 0 Å². The van der Waals surface area contributed by atoms with Gasteiger partial charge in [-0.15, -0.1) is 0 Å². The van der Waals surface area contributed by atoms with Gasteiger partial charge in [0.2, 0.25) is 0 Å². The minimum Gasteiger partial charge on any atom is -0.440 e. The number of esters is 1. The van der Waals surface area contributed by atoms with Crippen molar-refractivity contribution >= 4 is 45.8 Å². The van der Waals surface area contributed by atoms with Gasteiger partial charge in [0.25, 0.3) is 5.91 Å². The van der Waals surface area contributed by atoms with Crippen molar-refractivity contribution < 1.29 is 27.8 Å². The van der Waals surface area contributed by atoms with Gasteiger partial charge in [-0.1, -0.05) is 0 Å². The first-order valence-corrected chi connectivity index (χ1v) is 10.1. The zero-order valence-electron chi connectivity index (χ0n) is 15.5. The van der Waals surface area contributed by atoms with Crippen molar-refractivity contribution in [1.29, 1.82) is 0 Å². The lowest BCUT2D eigenvalue weighted by Crippen LogP contribution is -2.41. The predicted octanol–water partition coefficient (Wildman–Crippen LogP) is 3.62. The van der Waals surface area contributed by atoms with Gasteiger partial charge in [0, 0.05) is 22.3 Å². The monoisotopic (exact) mass is 514 g/mol. The Balaban J connectivity index is 1.82. The Bertz CT molecular complexity index is 1010. The van der Waals surface area contributed by atoms with Crippen LogP contribution in [0.1, 0.15) is 26.3 Å². The summed E-state index contributed by atoms with van der Waals surface area (Å²) in [6.07, 6.45) is 0. The van der Waals surface area contributed by atoms with Crippen molar-refractivity contribution in [3.8, 4) is 0 Å². The second kappa shape index (κ2) is 7.86. The molecule has 0 atom stereocenters. The molecule has 29 heavy (non-hydrogen) atoms. The van der Waals surface area contributed by atoms with Gasteiger partial charge in [-0.25, -0.2) is 13.6 Å². The lowest BCUT2D eigenvalue weighted by molar-refractivity contribution is 0.0299. The Hall–Kier alpha value is -2.27. The maximum absolute atomic E-state index is 15.2. The fourth-order valence-electron chi connectivity index (χ4n) is 3.51. The Kier molecular flexibility index (Phi) is 5.43. The molecule has 1 fully saturated rings. The molecule has 2 aromatic carbocycles. The molecular weight excluding hydrogens is 497 g/mol. The summed E-state index contributed by atoms with van der Waals surface area (Å²) < 4.78 is 41.5. The number of rotatable bonds is 2. The largest absolute Gasteiger partial charge is 0.440 e. The van der Waals surface area contributed by atoms with Gasteiger partial charge in [-0.2, -0.15) is 0 Å². The standard InChI is InChI=1S/C20H17F2IN2O4/c1-11-8-12(23)2-3-15(11)25-10-29-20(27)14-9-13(16(21)17(22)18(14)25)19(26)24-4-6-28-7-5-24/h2-3,8-9H,4-7,10H2,1H3. The van der Waals surface area contributed by atoms with Crippen LogP contribution in [0, 0.1) is 22.1 Å². The van der Waals surface area contributed by atoms with E-state index in [1.807, 2.05) is 19.1 Å². The fourth-order valence-corrected chi connectivity index (χ4v) is 4.15. The van der Waals surface area contributed by atoms with Crippen molar-refractivity contribution in [3.05, 3.63) is 56.2 Å². The SMILES string of the molecule is Cc1cc(I)ccc1N1COC(=O)c2cc(C(=O)N3CCOCC3)c(F)c(F)c21. The number of anilines is 2. The first kappa shape index (κ1) is 20.0. The van der Waals surface area contributed by atoms with Crippen molar-refractivity contribution in [1.82, 2.24) is 4.90 Å². The van der Waals surface area contributed by atoms with Crippen LogP contribution in [0.15, 0.2) is 24.3 Å². The molecule has 0 N–H and O–H groups in total. The molecule has 2 aliphatic heterocycles. The highest BCUT2D eigenvalue weighted by molar-refractivity contribution is 14.1. The van der Waals surface area contributed by atoms with Crippen LogP contribution >= 0.6 is 22.6 Å². The van der Waals surface area contributed by atoms with Crippen molar-refractivity contribution in [2.24, 2.45) is 0 Å². The van der Waals surface area contributed by atoms with Crippen molar-refractivity contribution in [3.63, 3.8) is 0 Å². The number of ether oxygens (including phenoxy) is 2. The molecule has 2 aliphatic rings. The molecule has 9 heteroatoms. The average Bonchev–Trinajstić information content (AvgIpc) is 2.71. The number of fused-ring (bicyclic) bond motifs is 1. The Labute approximate surface area is 179 Å². The average molecular weight is 514 g/mol. The summed E-state index contributed by atoms with van der Waals surface area (Å²) in [5, 5.41) is 0. The van der Waals surface area contributed by atoms with E-state index in [0.717, 1.165) is 15.2 Å². The normalized spacial score (nSPS) is 16.5. The van der Waals surface area contributed by atoms with Gasteiger partial charge in [0.15, 0.2) is 18.4 Å². The van der Waals surface area contributed by atoms with E-state index in [2.05, 4.69) is 22.6 Å². The number of nitrogens with zero attached hydrogens (tertiary/aromatic N) is 2. The number of carbonyl (C=O) groups is 2. The number of morpholine rings is 1. The number of amides is 1. The summed E-state index contributed by atoms with van der Waals surface area (Å²) in [7, 11) is 0. The third kappa shape index (κ3) is 3.57. The molecule has 0 saturated carbocycles. The molecule has 1 saturated heterocycles. The quantitative estimate of drug-likeness (QED) is 0.453. The van der Waals surface area contributed by atoms with E-state index in [-0.39, 0.29) is 31.1 Å². The Morgan fingerprint density at radius 1 is 1.14 bits per heavy atom. The number of hydrogen-bond acceptors (Lipinski definition) is 5. The van der Waals surface area contributed by atoms with Crippen LogP contribution in [0.25, 0.3) is 0 Å². The Morgan fingerprint density at radius 3 is 2.55 bits per heavy atom. The summed E-state index contributed by atoms with van der Waals surface area (Å²) in [5.41, 5.74) is 0.520. The molecule has 4 rings (SSSR count). The van der Waals surface area contributed by atoms with Crippen LogP contribution in [0.3, 0.4) is 0 Å². The predicted molar refractivity (Wildman–Crippen MR) is 109 cm³/mol. The summed E-state index contributed by atoms with van der Waals surface area (Å²) in [5.74, 6) is -3.99. The summed E-state index contributed by atoms with van der Waals surface area (Å²) >= 11 is 2.15. The first-order valence-electron chi connectivity index (χ1n) is 8.98. The molecule has 0 aromatic heterocycles. The third-order valence-electron chi connectivity index (χ3n) is 4.97. The van der Waals surface area contributed by atoms with Crippen LogP contribution in [0.5, 0.6) is 0 Å². The number of carbonyl (C=O) groups excluding carboxylic acids is 2. The van der Waals surface area contributed by atoms with Crippen LogP contribution in [-0.2, 0) is 9.47 Å². The summed E-state index contributed by atoms with van der Waals surface area (Å²) in [6, 6.07) is 6.55. The highest BCUT2D eigenvalue weighted by Gasteiger charge is 2.35. The number of halogens is 3. The van der Waals surface area contributed by atoms with Gasteiger partial charge in [0.05, 0.1) is 30.0 Å². The van der Waals surface area contributed by atoms with Crippen LogP contribution in [-0.4, -0.2) is 49.8 Å². The van der Waals surface area contributed by atoms with Crippen LogP contribution < -0.4 is 4.90 Å². The number of cyclic esters (lactones) is 1. The number of benzene rings is 2. The smallest absolute Gasteiger partial charge is 0.342 e. The van der Waals surface area contributed by atoms with Gasteiger partial charge < -0.3 is 19.3 Å². The minimum atomic E-state index is -1.27. The minimum absolute atomic E-state index is 0.176. The molecule has 0 unspecified atom stereocenters. The molecule has 0 radical (unpaired) electrons. The molecule has 1 amide bonds. The van der Waals surface area contributed by atoms with E-state index in [4.69, 9.17) is 9.47 Å². The lowest BCUT2D eigenvalue weighted by Gasteiger charge is -2.32. The topological polar surface area (TPSA) is 59.1 Å². The van der Waals surface area contributed by atoms with E-state index < -0.39 is 29.1 Å². The van der Waals surface area contributed by atoms with Crippen LogP contribution in [0.4, 0.5) is 20.2 Å².